The number of ether oxygens (including phenoxy) is 1. The Balaban J connectivity index is 1.77. The quantitative estimate of drug-likeness (QED) is 0.681. The Kier molecular flexibility index (Phi) is 5.29. The number of hydrogen-bond acceptors (Lipinski definition) is 4. The Morgan fingerprint density at radius 2 is 2.00 bits per heavy atom. The number of carbonyl (C=O) groups is 2. The van der Waals surface area contributed by atoms with Crippen molar-refractivity contribution in [3.63, 3.8) is 0 Å². The third-order valence-electron chi connectivity index (χ3n) is 2.68. The van der Waals surface area contributed by atoms with Gasteiger partial charge in [-0.15, -0.1) is 11.3 Å². The molecule has 0 spiro atoms. The zero-order chi connectivity index (χ0) is 15.1. The van der Waals surface area contributed by atoms with Crippen LogP contribution in [-0.2, 0) is 14.3 Å². The van der Waals surface area contributed by atoms with Crippen LogP contribution in [0.15, 0.2) is 47.9 Å². The lowest BCUT2D eigenvalue weighted by Gasteiger charge is -2.04. The molecule has 0 aliphatic carbocycles. The van der Waals surface area contributed by atoms with E-state index < -0.39 is 5.97 Å². The average molecular weight is 301 g/mol. The number of amides is 1. The highest BCUT2D eigenvalue weighted by atomic mass is 32.1. The van der Waals surface area contributed by atoms with E-state index in [1.807, 2.05) is 36.6 Å². The number of nitrogens with one attached hydrogen (secondary N) is 1. The summed E-state index contributed by atoms with van der Waals surface area (Å²) in [6.45, 7) is 1.66. The number of rotatable bonds is 5. The standard InChI is InChI=1S/C16H15NO3S/c1-12-9-10-21-14(12)7-8-16(19)20-11-15(18)17-13-5-3-2-4-6-13/h2-10H,11H2,1H3,(H,17,18)/b8-7+. The molecule has 1 aromatic heterocycles. The lowest BCUT2D eigenvalue weighted by atomic mass is 10.3. The number of benzene rings is 1. The molecule has 0 radical (unpaired) electrons. The van der Waals surface area contributed by atoms with Gasteiger partial charge in [-0.3, -0.25) is 4.79 Å². The smallest absolute Gasteiger partial charge is 0.331 e. The van der Waals surface area contributed by atoms with Gasteiger partial charge in [0.15, 0.2) is 6.61 Å². The van der Waals surface area contributed by atoms with Crippen LogP contribution in [0.1, 0.15) is 10.4 Å². The second-order valence-electron chi connectivity index (χ2n) is 4.32. The normalized spacial score (nSPS) is 10.5. The fourth-order valence-corrected chi connectivity index (χ4v) is 2.42. The van der Waals surface area contributed by atoms with Crippen LogP contribution in [0.4, 0.5) is 5.69 Å². The van der Waals surface area contributed by atoms with E-state index in [2.05, 4.69) is 5.32 Å². The van der Waals surface area contributed by atoms with Crippen molar-refractivity contribution in [1.82, 2.24) is 0 Å². The van der Waals surface area contributed by atoms with E-state index in [0.717, 1.165) is 10.4 Å². The molecule has 0 bridgehead atoms. The van der Waals surface area contributed by atoms with E-state index in [0.29, 0.717) is 5.69 Å². The monoisotopic (exact) mass is 301 g/mol. The SMILES string of the molecule is Cc1ccsc1/C=C/C(=O)OCC(=O)Nc1ccccc1. The lowest BCUT2D eigenvalue weighted by Crippen LogP contribution is -2.20. The van der Waals surface area contributed by atoms with Crippen molar-refractivity contribution < 1.29 is 14.3 Å². The van der Waals surface area contributed by atoms with Crippen LogP contribution in [0.5, 0.6) is 0 Å². The first-order valence-electron chi connectivity index (χ1n) is 6.39. The second kappa shape index (κ2) is 7.40. The molecule has 2 rings (SSSR count). The summed E-state index contributed by atoms with van der Waals surface area (Å²) in [6.07, 6.45) is 3.02. The molecule has 0 aliphatic rings. The highest BCUT2D eigenvalue weighted by Crippen LogP contribution is 2.16. The summed E-state index contributed by atoms with van der Waals surface area (Å²) in [7, 11) is 0. The van der Waals surface area contributed by atoms with Crippen molar-refractivity contribution in [1.29, 1.82) is 0 Å². The van der Waals surface area contributed by atoms with Crippen molar-refractivity contribution in [2.75, 3.05) is 11.9 Å². The van der Waals surface area contributed by atoms with Crippen LogP contribution in [0.2, 0.25) is 0 Å². The molecule has 4 nitrogen and oxygen atoms in total. The Morgan fingerprint density at radius 3 is 2.67 bits per heavy atom. The third kappa shape index (κ3) is 4.89. The number of aryl methyl sites for hydroxylation is 1. The van der Waals surface area contributed by atoms with Crippen molar-refractivity contribution in [3.05, 3.63) is 58.3 Å². The minimum Gasteiger partial charge on any atom is -0.452 e. The van der Waals surface area contributed by atoms with Gasteiger partial charge >= 0.3 is 5.97 Å². The van der Waals surface area contributed by atoms with Gasteiger partial charge in [-0.05, 0) is 42.1 Å². The van der Waals surface area contributed by atoms with Gasteiger partial charge in [-0.2, -0.15) is 0 Å². The molecule has 0 unspecified atom stereocenters. The molecular formula is C16H15NO3S. The maximum absolute atomic E-state index is 11.6. The number of anilines is 1. The van der Waals surface area contributed by atoms with Gasteiger partial charge in [0.05, 0.1) is 0 Å². The predicted octanol–water partition coefficient (Wildman–Crippen LogP) is 3.25. The summed E-state index contributed by atoms with van der Waals surface area (Å²) in [6, 6.07) is 11.0. The Morgan fingerprint density at radius 1 is 1.24 bits per heavy atom. The number of carbonyl (C=O) groups excluding carboxylic acids is 2. The molecule has 0 aliphatic heterocycles. The summed E-state index contributed by atoms with van der Waals surface area (Å²) < 4.78 is 4.88. The topological polar surface area (TPSA) is 55.4 Å². The first-order valence-corrected chi connectivity index (χ1v) is 7.27. The summed E-state index contributed by atoms with van der Waals surface area (Å²) in [5, 5.41) is 4.59. The van der Waals surface area contributed by atoms with Crippen LogP contribution >= 0.6 is 11.3 Å². The Hall–Kier alpha value is -2.40. The van der Waals surface area contributed by atoms with Crippen molar-refractivity contribution in [2.45, 2.75) is 6.92 Å². The molecule has 0 saturated carbocycles. The van der Waals surface area contributed by atoms with Crippen molar-refractivity contribution in [2.24, 2.45) is 0 Å². The molecule has 0 atom stereocenters. The molecule has 1 heterocycles. The van der Waals surface area contributed by atoms with E-state index in [1.165, 1.54) is 6.08 Å². The third-order valence-corrected chi connectivity index (χ3v) is 3.66. The van der Waals surface area contributed by atoms with Gasteiger partial charge in [0, 0.05) is 16.6 Å². The second-order valence-corrected chi connectivity index (χ2v) is 5.27. The first-order chi connectivity index (χ1) is 10.1. The molecule has 108 valence electrons. The Bertz CT molecular complexity index is 647. The fourth-order valence-electron chi connectivity index (χ4n) is 1.60. The minimum absolute atomic E-state index is 0.304. The molecule has 0 saturated heterocycles. The molecule has 21 heavy (non-hydrogen) atoms. The minimum atomic E-state index is -0.536. The fraction of sp³-hybridized carbons (Fsp3) is 0.125. The van der Waals surface area contributed by atoms with Crippen LogP contribution < -0.4 is 5.32 Å². The lowest BCUT2D eigenvalue weighted by molar-refractivity contribution is -0.142. The van der Waals surface area contributed by atoms with Crippen molar-refractivity contribution in [3.8, 4) is 0 Å². The Labute approximate surface area is 127 Å². The molecule has 1 N–H and O–H groups in total. The summed E-state index contributed by atoms with van der Waals surface area (Å²) in [5.74, 6) is -0.902. The average Bonchev–Trinajstić information content (AvgIpc) is 2.89. The van der Waals surface area contributed by atoms with Crippen LogP contribution in [0.25, 0.3) is 6.08 Å². The van der Waals surface area contributed by atoms with Gasteiger partial charge in [0.2, 0.25) is 0 Å². The maximum atomic E-state index is 11.6. The molecule has 2 aromatic rings. The largest absolute Gasteiger partial charge is 0.452 e. The number of esters is 1. The summed E-state index contributed by atoms with van der Waals surface area (Å²) in [4.78, 5) is 24.1. The molecule has 1 aromatic carbocycles. The van der Waals surface area contributed by atoms with E-state index in [4.69, 9.17) is 4.74 Å². The zero-order valence-electron chi connectivity index (χ0n) is 11.5. The number of hydrogen-bond donors (Lipinski definition) is 1. The van der Waals surface area contributed by atoms with Crippen LogP contribution in [-0.4, -0.2) is 18.5 Å². The number of thiophene rings is 1. The zero-order valence-corrected chi connectivity index (χ0v) is 12.4. The highest BCUT2D eigenvalue weighted by Gasteiger charge is 2.05. The van der Waals surface area contributed by atoms with Gasteiger partial charge in [-0.25, -0.2) is 4.79 Å². The van der Waals surface area contributed by atoms with E-state index in [1.54, 1.807) is 29.5 Å². The molecule has 0 fully saturated rings. The summed E-state index contributed by atoms with van der Waals surface area (Å²) >= 11 is 1.54. The summed E-state index contributed by atoms with van der Waals surface area (Å²) in [5.41, 5.74) is 1.77. The van der Waals surface area contributed by atoms with Gasteiger partial charge in [-0.1, -0.05) is 18.2 Å². The van der Waals surface area contributed by atoms with Crippen LogP contribution in [0, 0.1) is 6.92 Å². The molecule has 1 amide bonds. The van der Waals surface area contributed by atoms with Gasteiger partial charge in [0.1, 0.15) is 0 Å². The molecule has 5 heteroatoms. The number of para-hydroxylation sites is 1. The molecular weight excluding hydrogens is 286 g/mol. The highest BCUT2D eigenvalue weighted by molar-refractivity contribution is 7.11. The van der Waals surface area contributed by atoms with Gasteiger partial charge < -0.3 is 10.1 Å². The van der Waals surface area contributed by atoms with E-state index in [-0.39, 0.29) is 12.5 Å². The van der Waals surface area contributed by atoms with E-state index in [9.17, 15) is 9.59 Å². The predicted molar refractivity (Wildman–Crippen MR) is 84.1 cm³/mol. The van der Waals surface area contributed by atoms with Crippen molar-refractivity contribution >= 4 is 35.0 Å². The maximum Gasteiger partial charge on any atom is 0.331 e. The first kappa shape index (κ1) is 15.0. The van der Waals surface area contributed by atoms with E-state index >= 15 is 0 Å². The van der Waals surface area contributed by atoms with Crippen LogP contribution in [0.3, 0.4) is 0 Å². The van der Waals surface area contributed by atoms with Gasteiger partial charge in [0.25, 0.3) is 5.91 Å².